The lowest BCUT2D eigenvalue weighted by molar-refractivity contribution is 0.959. The quantitative estimate of drug-likeness (QED) is 0.765. The Balaban J connectivity index is 2.14. The van der Waals surface area contributed by atoms with Gasteiger partial charge in [-0.2, -0.15) is 0 Å². The van der Waals surface area contributed by atoms with E-state index in [9.17, 15) is 0 Å². The minimum atomic E-state index is 0.866. The molecule has 0 bridgehead atoms. The molecule has 70 valence electrons. The molecular formula is C10H9N3S. The van der Waals surface area contributed by atoms with Gasteiger partial charge in [0.25, 0.3) is 0 Å². The van der Waals surface area contributed by atoms with Gasteiger partial charge in [-0.1, -0.05) is 12.1 Å². The van der Waals surface area contributed by atoms with Crippen LogP contribution in [0.25, 0.3) is 10.2 Å². The summed E-state index contributed by atoms with van der Waals surface area (Å²) in [4.78, 5) is 8.87. The molecule has 1 aliphatic heterocycles. The molecule has 3 rings (SSSR count). The van der Waals surface area contributed by atoms with E-state index < -0.39 is 0 Å². The molecule has 3 nitrogen and oxygen atoms in total. The zero-order valence-electron chi connectivity index (χ0n) is 7.53. The average Bonchev–Trinajstić information content (AvgIpc) is 2.86. The summed E-state index contributed by atoms with van der Waals surface area (Å²) in [5.41, 5.74) is 1.06. The first-order chi connectivity index (χ1) is 6.93. The predicted octanol–water partition coefficient (Wildman–Crippen LogP) is 1.65. The maximum atomic E-state index is 4.52. The Morgan fingerprint density at radius 3 is 3.00 bits per heavy atom. The molecule has 14 heavy (non-hydrogen) atoms. The second-order valence-electron chi connectivity index (χ2n) is 3.14. The van der Waals surface area contributed by atoms with Gasteiger partial charge in [-0.05, 0) is 12.1 Å². The molecule has 0 saturated heterocycles. The molecule has 0 amide bonds. The number of aliphatic imine (C=N–C) groups is 1. The van der Waals surface area contributed by atoms with E-state index in [2.05, 4.69) is 21.4 Å². The van der Waals surface area contributed by atoms with Crippen molar-refractivity contribution >= 4 is 27.4 Å². The standard InChI is InChI=1S/C10H9N3S/c1-2-4-8-7(3-1)13-10(14-8)9-11-5-6-12-9/h1-4H,5-6H2,(H,11,12). The Bertz CT molecular complexity index is 468. The van der Waals surface area contributed by atoms with E-state index in [-0.39, 0.29) is 0 Å². The van der Waals surface area contributed by atoms with Gasteiger partial charge in [0.2, 0.25) is 0 Å². The number of benzene rings is 1. The first-order valence-electron chi connectivity index (χ1n) is 4.58. The third-order valence-electron chi connectivity index (χ3n) is 2.17. The van der Waals surface area contributed by atoms with Gasteiger partial charge in [0, 0.05) is 6.54 Å². The Morgan fingerprint density at radius 2 is 2.21 bits per heavy atom. The van der Waals surface area contributed by atoms with Crippen molar-refractivity contribution in [1.82, 2.24) is 10.3 Å². The topological polar surface area (TPSA) is 37.3 Å². The van der Waals surface area contributed by atoms with Crippen molar-refractivity contribution in [2.75, 3.05) is 13.1 Å². The van der Waals surface area contributed by atoms with Gasteiger partial charge >= 0.3 is 0 Å². The summed E-state index contributed by atoms with van der Waals surface area (Å²) in [6, 6.07) is 8.17. The Morgan fingerprint density at radius 1 is 1.29 bits per heavy atom. The summed E-state index contributed by atoms with van der Waals surface area (Å²) in [5, 5.41) is 4.24. The maximum absolute atomic E-state index is 4.52. The van der Waals surface area contributed by atoms with Crippen LogP contribution in [0.2, 0.25) is 0 Å². The molecular weight excluding hydrogens is 194 g/mol. The average molecular weight is 203 g/mol. The van der Waals surface area contributed by atoms with Gasteiger partial charge in [-0.15, -0.1) is 11.3 Å². The zero-order valence-corrected chi connectivity index (χ0v) is 8.34. The fraction of sp³-hybridized carbons (Fsp3) is 0.200. The highest BCUT2D eigenvalue weighted by Crippen LogP contribution is 2.21. The minimum Gasteiger partial charge on any atom is -0.366 e. The molecule has 0 atom stereocenters. The third-order valence-corrected chi connectivity index (χ3v) is 3.21. The van der Waals surface area contributed by atoms with Crippen molar-refractivity contribution in [3.8, 4) is 0 Å². The van der Waals surface area contributed by atoms with Crippen LogP contribution in [0, 0.1) is 0 Å². The number of fused-ring (bicyclic) bond motifs is 1. The van der Waals surface area contributed by atoms with E-state index in [0.717, 1.165) is 29.4 Å². The summed E-state index contributed by atoms with van der Waals surface area (Å²) >= 11 is 1.69. The van der Waals surface area contributed by atoms with Crippen molar-refractivity contribution in [2.45, 2.75) is 0 Å². The summed E-state index contributed by atoms with van der Waals surface area (Å²) in [7, 11) is 0. The van der Waals surface area contributed by atoms with Crippen LogP contribution in [-0.4, -0.2) is 23.9 Å². The van der Waals surface area contributed by atoms with Gasteiger partial charge in [0.1, 0.15) is 0 Å². The van der Waals surface area contributed by atoms with Crippen molar-refractivity contribution < 1.29 is 0 Å². The number of aromatic nitrogens is 1. The number of nitrogens with one attached hydrogen (secondary N) is 1. The fourth-order valence-electron chi connectivity index (χ4n) is 1.51. The Kier molecular flexibility index (Phi) is 1.73. The van der Waals surface area contributed by atoms with Crippen molar-refractivity contribution in [2.24, 2.45) is 4.99 Å². The van der Waals surface area contributed by atoms with Gasteiger partial charge in [0.05, 0.1) is 16.8 Å². The van der Waals surface area contributed by atoms with Crippen molar-refractivity contribution in [3.63, 3.8) is 0 Å². The minimum absolute atomic E-state index is 0.866. The summed E-state index contributed by atoms with van der Waals surface area (Å²) in [6.07, 6.45) is 0. The molecule has 0 aliphatic carbocycles. The summed E-state index contributed by atoms with van der Waals surface area (Å²) in [6.45, 7) is 1.80. The van der Waals surface area contributed by atoms with Gasteiger partial charge < -0.3 is 5.32 Å². The zero-order chi connectivity index (χ0) is 9.38. The lowest BCUT2D eigenvalue weighted by atomic mass is 10.3. The molecule has 1 aromatic heterocycles. The molecule has 0 radical (unpaired) electrons. The molecule has 1 aromatic carbocycles. The molecule has 0 unspecified atom stereocenters. The van der Waals surface area contributed by atoms with Gasteiger partial charge in [-0.3, -0.25) is 4.99 Å². The maximum Gasteiger partial charge on any atom is 0.159 e. The number of thiazole rings is 1. The number of hydrogen-bond donors (Lipinski definition) is 1. The van der Waals surface area contributed by atoms with Crippen molar-refractivity contribution in [3.05, 3.63) is 29.3 Å². The molecule has 0 fully saturated rings. The van der Waals surface area contributed by atoms with E-state index in [1.165, 1.54) is 4.70 Å². The number of amidine groups is 1. The second kappa shape index (κ2) is 3.06. The fourth-order valence-corrected chi connectivity index (χ4v) is 2.47. The smallest absolute Gasteiger partial charge is 0.159 e. The van der Waals surface area contributed by atoms with Crippen LogP contribution in [0.15, 0.2) is 29.3 Å². The predicted molar refractivity (Wildman–Crippen MR) is 59.0 cm³/mol. The van der Waals surface area contributed by atoms with E-state index in [1.54, 1.807) is 11.3 Å². The number of nitrogens with zero attached hydrogens (tertiary/aromatic N) is 2. The van der Waals surface area contributed by atoms with E-state index in [4.69, 9.17) is 0 Å². The highest BCUT2D eigenvalue weighted by atomic mass is 32.1. The largest absolute Gasteiger partial charge is 0.366 e. The first kappa shape index (κ1) is 7.94. The van der Waals surface area contributed by atoms with Crippen LogP contribution in [0.4, 0.5) is 0 Å². The molecule has 2 aromatic rings. The van der Waals surface area contributed by atoms with Crippen LogP contribution >= 0.6 is 11.3 Å². The first-order valence-corrected chi connectivity index (χ1v) is 5.39. The number of rotatable bonds is 1. The molecule has 0 saturated carbocycles. The van der Waals surface area contributed by atoms with Gasteiger partial charge in [-0.25, -0.2) is 4.98 Å². The SMILES string of the molecule is c1ccc2sc(C3=NCCN3)nc2c1. The second-order valence-corrected chi connectivity index (χ2v) is 4.17. The Hall–Kier alpha value is -1.42. The lowest BCUT2D eigenvalue weighted by Crippen LogP contribution is -2.18. The van der Waals surface area contributed by atoms with Crippen LogP contribution in [0.1, 0.15) is 5.01 Å². The van der Waals surface area contributed by atoms with Crippen molar-refractivity contribution in [1.29, 1.82) is 0 Å². The normalized spacial score (nSPS) is 15.6. The summed E-state index contributed by atoms with van der Waals surface area (Å²) in [5.74, 6) is 0.950. The Labute approximate surface area is 85.5 Å². The highest BCUT2D eigenvalue weighted by molar-refractivity contribution is 7.20. The monoisotopic (exact) mass is 203 g/mol. The van der Waals surface area contributed by atoms with E-state index >= 15 is 0 Å². The highest BCUT2D eigenvalue weighted by Gasteiger charge is 2.12. The molecule has 0 spiro atoms. The third kappa shape index (κ3) is 1.19. The summed E-state index contributed by atoms with van der Waals surface area (Å²) < 4.78 is 1.22. The van der Waals surface area contributed by atoms with E-state index in [1.807, 2.05) is 18.2 Å². The molecule has 2 heterocycles. The van der Waals surface area contributed by atoms with Crippen LogP contribution < -0.4 is 5.32 Å². The van der Waals surface area contributed by atoms with Crippen LogP contribution in [0.5, 0.6) is 0 Å². The molecule has 4 heteroatoms. The lowest BCUT2D eigenvalue weighted by Gasteiger charge is -1.93. The van der Waals surface area contributed by atoms with Crippen LogP contribution in [0.3, 0.4) is 0 Å². The van der Waals surface area contributed by atoms with E-state index in [0.29, 0.717) is 0 Å². The number of hydrogen-bond acceptors (Lipinski definition) is 4. The van der Waals surface area contributed by atoms with Gasteiger partial charge in [0.15, 0.2) is 10.8 Å². The molecule has 1 N–H and O–H groups in total. The molecule has 1 aliphatic rings. The number of para-hydroxylation sites is 1. The van der Waals surface area contributed by atoms with Crippen LogP contribution in [-0.2, 0) is 0 Å².